The Balaban J connectivity index is 3.12. The number of hydrogen-bond acceptors (Lipinski definition) is 4. The first kappa shape index (κ1) is 18.0. The van der Waals surface area contributed by atoms with E-state index in [-0.39, 0.29) is 0 Å². The van der Waals surface area contributed by atoms with Gasteiger partial charge in [0.05, 0.1) is 6.61 Å². The third-order valence-corrected chi connectivity index (χ3v) is 3.32. The fraction of sp³-hybridized carbons (Fsp3) is 0.529. The summed E-state index contributed by atoms with van der Waals surface area (Å²) in [6, 6.07) is 7.16. The van der Waals surface area contributed by atoms with E-state index >= 15 is 0 Å². The molecule has 0 aliphatic rings. The molecule has 0 aromatic heterocycles. The van der Waals surface area contributed by atoms with Gasteiger partial charge in [-0.3, -0.25) is 4.90 Å². The Labute approximate surface area is 132 Å². The van der Waals surface area contributed by atoms with Crippen LogP contribution in [0.25, 0.3) is 0 Å². The van der Waals surface area contributed by atoms with Gasteiger partial charge in [-0.1, -0.05) is 12.1 Å². The summed E-state index contributed by atoms with van der Waals surface area (Å²) in [5.41, 5.74) is -1.08. The van der Waals surface area contributed by atoms with Gasteiger partial charge in [0.15, 0.2) is 0 Å². The second-order valence-corrected chi connectivity index (χ2v) is 6.27. The molecule has 5 nitrogen and oxygen atoms in total. The summed E-state index contributed by atoms with van der Waals surface area (Å²) >= 11 is 0. The predicted octanol–water partition coefficient (Wildman–Crippen LogP) is 3.37. The molecule has 0 aliphatic carbocycles. The molecule has 122 valence electrons. The normalized spacial score (nSPS) is 13.9. The summed E-state index contributed by atoms with van der Waals surface area (Å²) in [5.74, 6) is 0.658. The first-order valence-electron chi connectivity index (χ1n) is 7.30. The van der Waals surface area contributed by atoms with E-state index in [1.807, 2.05) is 13.0 Å². The zero-order valence-electron chi connectivity index (χ0n) is 14.2. The molecule has 1 amide bonds. The van der Waals surface area contributed by atoms with Crippen LogP contribution < -0.4 is 4.74 Å². The zero-order valence-corrected chi connectivity index (χ0v) is 14.2. The SMILES string of the molecule is CCOc1cccc(C(C)(C=O)N(C)C(=O)OC(C)(C)C)c1. The van der Waals surface area contributed by atoms with E-state index < -0.39 is 17.2 Å². The summed E-state index contributed by atoms with van der Waals surface area (Å²) in [7, 11) is 1.55. The van der Waals surface area contributed by atoms with Crippen molar-refractivity contribution in [3.8, 4) is 5.75 Å². The highest BCUT2D eigenvalue weighted by Crippen LogP contribution is 2.29. The molecule has 0 N–H and O–H groups in total. The fourth-order valence-electron chi connectivity index (χ4n) is 1.93. The summed E-state index contributed by atoms with van der Waals surface area (Å²) in [6.07, 6.45) is 0.186. The maximum absolute atomic E-state index is 12.3. The minimum Gasteiger partial charge on any atom is -0.494 e. The van der Waals surface area contributed by atoms with E-state index in [4.69, 9.17) is 9.47 Å². The lowest BCUT2D eigenvalue weighted by Crippen LogP contribution is -2.48. The van der Waals surface area contributed by atoms with Gasteiger partial charge in [-0.2, -0.15) is 0 Å². The van der Waals surface area contributed by atoms with Gasteiger partial charge in [-0.15, -0.1) is 0 Å². The van der Waals surface area contributed by atoms with Gasteiger partial charge in [0, 0.05) is 7.05 Å². The van der Waals surface area contributed by atoms with E-state index in [9.17, 15) is 9.59 Å². The molecule has 5 heteroatoms. The molecule has 0 bridgehead atoms. The van der Waals surface area contributed by atoms with Crippen molar-refractivity contribution in [1.82, 2.24) is 4.90 Å². The van der Waals surface area contributed by atoms with Crippen LogP contribution in [0.1, 0.15) is 40.2 Å². The van der Waals surface area contributed by atoms with Crippen LogP contribution in [0.2, 0.25) is 0 Å². The number of ether oxygens (including phenoxy) is 2. The Bertz CT molecular complexity index is 536. The van der Waals surface area contributed by atoms with Crippen LogP contribution >= 0.6 is 0 Å². The van der Waals surface area contributed by atoms with Crippen LogP contribution in [0, 0.1) is 0 Å². The Morgan fingerprint density at radius 1 is 1.27 bits per heavy atom. The van der Waals surface area contributed by atoms with Crippen molar-refractivity contribution in [3.63, 3.8) is 0 Å². The van der Waals surface area contributed by atoms with Gasteiger partial charge in [0.25, 0.3) is 0 Å². The first-order valence-corrected chi connectivity index (χ1v) is 7.30. The first-order chi connectivity index (χ1) is 10.1. The van der Waals surface area contributed by atoms with Crippen molar-refractivity contribution in [2.24, 2.45) is 0 Å². The molecule has 1 unspecified atom stereocenters. The molecule has 0 saturated carbocycles. The molecular weight excluding hydrogens is 282 g/mol. The number of amides is 1. The highest BCUT2D eigenvalue weighted by atomic mass is 16.6. The van der Waals surface area contributed by atoms with Crippen molar-refractivity contribution in [3.05, 3.63) is 29.8 Å². The zero-order chi connectivity index (χ0) is 17.0. The van der Waals surface area contributed by atoms with E-state index in [1.54, 1.807) is 52.9 Å². The number of likely N-dealkylation sites (N-methyl/N-ethyl adjacent to an activating group) is 1. The minimum absolute atomic E-state index is 0.531. The molecular formula is C17H25NO4. The molecule has 1 atom stereocenters. The third kappa shape index (κ3) is 4.23. The van der Waals surface area contributed by atoms with E-state index in [0.717, 1.165) is 6.29 Å². The second kappa shape index (κ2) is 6.81. The van der Waals surface area contributed by atoms with Crippen molar-refractivity contribution >= 4 is 12.4 Å². The van der Waals surface area contributed by atoms with Crippen molar-refractivity contribution < 1.29 is 19.1 Å². The molecule has 0 aliphatic heterocycles. The Hall–Kier alpha value is -2.04. The van der Waals surface area contributed by atoms with Gasteiger partial charge in [-0.25, -0.2) is 4.79 Å². The molecule has 0 saturated heterocycles. The summed E-state index contributed by atoms with van der Waals surface area (Å²) in [5, 5.41) is 0. The van der Waals surface area contributed by atoms with Crippen LogP contribution in [-0.2, 0) is 15.1 Å². The minimum atomic E-state index is -1.13. The molecule has 22 heavy (non-hydrogen) atoms. The second-order valence-electron chi connectivity index (χ2n) is 6.27. The molecule has 0 fully saturated rings. The van der Waals surface area contributed by atoms with Crippen LogP contribution in [-0.4, -0.2) is 36.5 Å². The number of aldehydes is 1. The lowest BCUT2D eigenvalue weighted by molar-refractivity contribution is -0.117. The van der Waals surface area contributed by atoms with Crippen LogP contribution in [0.4, 0.5) is 4.79 Å². The molecule has 1 rings (SSSR count). The van der Waals surface area contributed by atoms with Gasteiger partial charge in [-0.05, 0) is 52.3 Å². The Kier molecular flexibility index (Phi) is 5.58. The highest BCUT2D eigenvalue weighted by Gasteiger charge is 2.37. The molecule has 0 heterocycles. The van der Waals surface area contributed by atoms with E-state index in [2.05, 4.69) is 0 Å². The quantitative estimate of drug-likeness (QED) is 0.783. The lowest BCUT2D eigenvalue weighted by Gasteiger charge is -2.35. The van der Waals surface area contributed by atoms with Crippen LogP contribution in [0.3, 0.4) is 0 Å². The van der Waals surface area contributed by atoms with Crippen molar-refractivity contribution in [1.29, 1.82) is 0 Å². The molecule has 0 radical (unpaired) electrons. The molecule has 1 aromatic rings. The standard InChI is InChI=1S/C17H25NO4/c1-7-21-14-10-8-9-13(11-14)17(5,12-19)18(6)15(20)22-16(2,3)4/h8-12H,7H2,1-6H3. The smallest absolute Gasteiger partial charge is 0.411 e. The third-order valence-electron chi connectivity index (χ3n) is 3.32. The van der Waals surface area contributed by atoms with Crippen LogP contribution in [0.5, 0.6) is 5.75 Å². The van der Waals surface area contributed by atoms with Crippen molar-refractivity contribution in [2.45, 2.75) is 45.8 Å². The highest BCUT2D eigenvalue weighted by molar-refractivity contribution is 5.78. The van der Waals surface area contributed by atoms with Crippen molar-refractivity contribution in [2.75, 3.05) is 13.7 Å². The Morgan fingerprint density at radius 2 is 1.91 bits per heavy atom. The number of hydrogen-bond donors (Lipinski definition) is 0. The maximum Gasteiger partial charge on any atom is 0.411 e. The largest absolute Gasteiger partial charge is 0.494 e. The number of nitrogens with zero attached hydrogens (tertiary/aromatic N) is 1. The number of rotatable bonds is 5. The maximum atomic E-state index is 12.3. The monoisotopic (exact) mass is 307 g/mol. The van der Waals surface area contributed by atoms with Gasteiger partial charge < -0.3 is 14.3 Å². The fourth-order valence-corrected chi connectivity index (χ4v) is 1.93. The Morgan fingerprint density at radius 3 is 2.41 bits per heavy atom. The summed E-state index contributed by atoms with van der Waals surface area (Å²) < 4.78 is 10.8. The van der Waals surface area contributed by atoms with Gasteiger partial charge in [0.2, 0.25) is 0 Å². The van der Waals surface area contributed by atoms with E-state index in [0.29, 0.717) is 17.9 Å². The topological polar surface area (TPSA) is 55.8 Å². The van der Waals surface area contributed by atoms with Crippen LogP contribution in [0.15, 0.2) is 24.3 Å². The average Bonchev–Trinajstić information content (AvgIpc) is 2.44. The molecule has 1 aromatic carbocycles. The van der Waals surface area contributed by atoms with E-state index in [1.165, 1.54) is 4.90 Å². The molecule has 0 spiro atoms. The average molecular weight is 307 g/mol. The lowest BCUT2D eigenvalue weighted by atomic mass is 9.92. The number of benzene rings is 1. The summed E-state index contributed by atoms with van der Waals surface area (Å²) in [6.45, 7) is 9.45. The number of carbonyl (C=O) groups is 2. The van der Waals surface area contributed by atoms with Gasteiger partial charge >= 0.3 is 6.09 Å². The summed E-state index contributed by atoms with van der Waals surface area (Å²) in [4.78, 5) is 25.3. The number of carbonyl (C=O) groups excluding carboxylic acids is 2. The van der Waals surface area contributed by atoms with Gasteiger partial charge in [0.1, 0.15) is 23.2 Å². The predicted molar refractivity (Wildman–Crippen MR) is 85.0 cm³/mol.